The lowest BCUT2D eigenvalue weighted by molar-refractivity contribution is -0.130. The van der Waals surface area contributed by atoms with E-state index in [2.05, 4.69) is 26.7 Å². The normalized spacial score (nSPS) is 16.6. The van der Waals surface area contributed by atoms with Crippen molar-refractivity contribution >= 4 is 11.7 Å². The second-order valence-corrected chi connectivity index (χ2v) is 7.62. The minimum absolute atomic E-state index is 0.0196. The van der Waals surface area contributed by atoms with E-state index >= 15 is 0 Å². The van der Waals surface area contributed by atoms with Gasteiger partial charge in [-0.25, -0.2) is 4.98 Å². The molecule has 3 rings (SSSR count). The van der Waals surface area contributed by atoms with E-state index in [1.165, 1.54) is 0 Å². The summed E-state index contributed by atoms with van der Waals surface area (Å²) >= 11 is 0. The maximum Gasteiger partial charge on any atom is 0.237 e. The number of pyridine rings is 2. The summed E-state index contributed by atoms with van der Waals surface area (Å²) in [7, 11) is 0. The number of hydrogen-bond acceptors (Lipinski definition) is 6. The highest BCUT2D eigenvalue weighted by Crippen LogP contribution is 2.18. The van der Waals surface area contributed by atoms with E-state index in [1.54, 1.807) is 17.3 Å². The first-order chi connectivity index (χ1) is 13.5. The van der Waals surface area contributed by atoms with Crippen LogP contribution in [0.15, 0.2) is 42.7 Å². The molecular weight excluding hydrogens is 352 g/mol. The summed E-state index contributed by atoms with van der Waals surface area (Å²) < 4.78 is 0. The summed E-state index contributed by atoms with van der Waals surface area (Å²) in [5.41, 5.74) is 1.51. The standard InChI is InChI=1S/C21H26N6O/c1-21(2,25-14-20(28)27-11-5-7-17(27)12-22)15-24-19-9-3-8-18(26-19)16-6-4-10-23-13-16/h3-4,6,8-10,13,17,25H,5,7,11,14-15H2,1-2H3,(H,24,26)/t17-/m0/s1. The van der Waals surface area contributed by atoms with Crippen LogP contribution >= 0.6 is 0 Å². The molecule has 7 nitrogen and oxygen atoms in total. The second-order valence-electron chi connectivity index (χ2n) is 7.62. The van der Waals surface area contributed by atoms with Crippen molar-refractivity contribution in [1.82, 2.24) is 20.2 Å². The van der Waals surface area contributed by atoms with E-state index in [-0.39, 0.29) is 24.0 Å². The number of nitrogens with zero attached hydrogens (tertiary/aromatic N) is 4. The molecule has 0 radical (unpaired) electrons. The average molecular weight is 378 g/mol. The van der Waals surface area contributed by atoms with E-state index in [0.717, 1.165) is 29.9 Å². The van der Waals surface area contributed by atoms with Crippen LogP contribution in [0.2, 0.25) is 0 Å². The van der Waals surface area contributed by atoms with Gasteiger partial charge in [-0.1, -0.05) is 6.07 Å². The van der Waals surface area contributed by atoms with Gasteiger partial charge in [-0.2, -0.15) is 5.26 Å². The molecule has 2 aromatic heterocycles. The molecule has 0 bridgehead atoms. The fourth-order valence-electron chi connectivity index (χ4n) is 3.20. The monoisotopic (exact) mass is 378 g/mol. The van der Waals surface area contributed by atoms with Crippen molar-refractivity contribution in [1.29, 1.82) is 5.26 Å². The maximum absolute atomic E-state index is 12.4. The molecule has 1 fully saturated rings. The molecule has 1 saturated heterocycles. The Balaban J connectivity index is 1.53. The molecule has 1 aliphatic rings. The number of carbonyl (C=O) groups excluding carboxylic acids is 1. The van der Waals surface area contributed by atoms with Gasteiger partial charge in [-0.15, -0.1) is 0 Å². The zero-order chi connectivity index (χ0) is 20.0. The van der Waals surface area contributed by atoms with Crippen molar-refractivity contribution < 1.29 is 4.79 Å². The first kappa shape index (κ1) is 19.8. The lowest BCUT2D eigenvalue weighted by atomic mass is 10.1. The van der Waals surface area contributed by atoms with Gasteiger partial charge in [0.05, 0.1) is 18.3 Å². The summed E-state index contributed by atoms with van der Waals surface area (Å²) in [5, 5.41) is 15.8. The molecule has 0 saturated carbocycles. The smallest absolute Gasteiger partial charge is 0.237 e. The van der Waals surface area contributed by atoms with E-state index in [0.29, 0.717) is 13.1 Å². The number of hydrogen-bond donors (Lipinski definition) is 2. The molecule has 146 valence electrons. The van der Waals surface area contributed by atoms with Gasteiger partial charge < -0.3 is 15.5 Å². The Kier molecular flexibility index (Phi) is 6.22. The lowest BCUT2D eigenvalue weighted by Gasteiger charge is -2.28. The number of nitriles is 1. The number of aromatic nitrogens is 2. The Morgan fingerprint density at radius 3 is 2.96 bits per heavy atom. The highest BCUT2D eigenvalue weighted by molar-refractivity contribution is 5.79. The van der Waals surface area contributed by atoms with Gasteiger partial charge in [0.15, 0.2) is 0 Å². The molecule has 2 aromatic rings. The minimum Gasteiger partial charge on any atom is -0.368 e. The molecule has 1 aliphatic heterocycles. The first-order valence-corrected chi connectivity index (χ1v) is 9.54. The first-order valence-electron chi connectivity index (χ1n) is 9.54. The summed E-state index contributed by atoms with van der Waals surface area (Å²) in [5.74, 6) is 0.750. The van der Waals surface area contributed by atoms with Crippen LogP contribution in [0.4, 0.5) is 5.82 Å². The highest BCUT2D eigenvalue weighted by Gasteiger charge is 2.29. The Bertz CT molecular complexity index is 845. The van der Waals surface area contributed by atoms with Crippen molar-refractivity contribution in [2.45, 2.75) is 38.3 Å². The van der Waals surface area contributed by atoms with E-state index in [9.17, 15) is 4.79 Å². The topological polar surface area (TPSA) is 93.9 Å². The fourth-order valence-corrected chi connectivity index (χ4v) is 3.20. The zero-order valence-electron chi connectivity index (χ0n) is 16.4. The van der Waals surface area contributed by atoms with Crippen molar-refractivity contribution in [2.75, 3.05) is 25.0 Å². The van der Waals surface area contributed by atoms with Gasteiger partial charge in [0, 0.05) is 36.6 Å². The Labute approximate surface area is 165 Å². The van der Waals surface area contributed by atoms with Crippen LogP contribution in [-0.2, 0) is 4.79 Å². The third kappa shape index (κ3) is 5.05. The maximum atomic E-state index is 12.4. The van der Waals surface area contributed by atoms with E-state index in [1.807, 2.05) is 44.2 Å². The fraction of sp³-hybridized carbons (Fsp3) is 0.429. The van der Waals surface area contributed by atoms with Gasteiger partial charge in [0.2, 0.25) is 5.91 Å². The summed E-state index contributed by atoms with van der Waals surface area (Å²) in [4.78, 5) is 22.9. The Hall–Kier alpha value is -2.98. The van der Waals surface area contributed by atoms with Gasteiger partial charge in [0.25, 0.3) is 0 Å². The van der Waals surface area contributed by atoms with Crippen LogP contribution in [0.3, 0.4) is 0 Å². The van der Waals surface area contributed by atoms with Crippen LogP contribution in [-0.4, -0.2) is 52.0 Å². The van der Waals surface area contributed by atoms with Crippen LogP contribution in [0.5, 0.6) is 0 Å². The van der Waals surface area contributed by atoms with E-state index in [4.69, 9.17) is 5.26 Å². The number of likely N-dealkylation sites (tertiary alicyclic amines) is 1. The Morgan fingerprint density at radius 2 is 2.21 bits per heavy atom. The van der Waals surface area contributed by atoms with Crippen LogP contribution in [0, 0.1) is 11.3 Å². The number of nitrogens with one attached hydrogen (secondary N) is 2. The Morgan fingerprint density at radius 1 is 1.36 bits per heavy atom. The van der Waals surface area contributed by atoms with Crippen molar-refractivity contribution in [3.63, 3.8) is 0 Å². The zero-order valence-corrected chi connectivity index (χ0v) is 16.4. The molecule has 7 heteroatoms. The van der Waals surface area contributed by atoms with Crippen LogP contribution < -0.4 is 10.6 Å². The van der Waals surface area contributed by atoms with Crippen molar-refractivity contribution in [3.05, 3.63) is 42.7 Å². The molecule has 2 N–H and O–H groups in total. The van der Waals surface area contributed by atoms with Crippen molar-refractivity contribution in [3.8, 4) is 17.3 Å². The average Bonchev–Trinajstić information content (AvgIpc) is 3.21. The lowest BCUT2D eigenvalue weighted by Crippen LogP contribution is -2.50. The molecular formula is C21H26N6O. The third-order valence-corrected chi connectivity index (χ3v) is 4.86. The molecule has 0 aromatic carbocycles. The van der Waals surface area contributed by atoms with Crippen molar-refractivity contribution in [2.24, 2.45) is 0 Å². The van der Waals surface area contributed by atoms with Crippen LogP contribution in [0.25, 0.3) is 11.3 Å². The van der Waals surface area contributed by atoms with E-state index < -0.39 is 0 Å². The number of carbonyl (C=O) groups is 1. The molecule has 3 heterocycles. The molecule has 1 atom stereocenters. The van der Waals surface area contributed by atoms with Gasteiger partial charge in [0.1, 0.15) is 11.9 Å². The number of amides is 1. The molecule has 0 unspecified atom stereocenters. The van der Waals surface area contributed by atoms with Gasteiger partial charge in [-0.3, -0.25) is 9.78 Å². The molecule has 1 amide bonds. The predicted octanol–water partition coefficient (Wildman–Crippen LogP) is 2.44. The van der Waals surface area contributed by atoms with Gasteiger partial charge >= 0.3 is 0 Å². The SMILES string of the molecule is CC(C)(CNc1cccc(-c2cccnc2)n1)NCC(=O)N1CCC[C@H]1C#N. The minimum atomic E-state index is -0.316. The highest BCUT2D eigenvalue weighted by atomic mass is 16.2. The summed E-state index contributed by atoms with van der Waals surface area (Å²) in [6.07, 6.45) is 5.19. The number of anilines is 1. The quantitative estimate of drug-likeness (QED) is 0.769. The predicted molar refractivity (Wildman–Crippen MR) is 108 cm³/mol. The number of rotatable bonds is 7. The summed E-state index contributed by atoms with van der Waals surface area (Å²) in [6, 6.07) is 11.6. The summed E-state index contributed by atoms with van der Waals surface area (Å²) in [6.45, 7) is 5.55. The molecule has 0 aliphatic carbocycles. The van der Waals surface area contributed by atoms with Crippen LogP contribution in [0.1, 0.15) is 26.7 Å². The molecule has 0 spiro atoms. The molecule has 28 heavy (non-hydrogen) atoms. The largest absolute Gasteiger partial charge is 0.368 e. The second kappa shape index (κ2) is 8.81. The van der Waals surface area contributed by atoms with Gasteiger partial charge in [-0.05, 0) is 51.0 Å². The third-order valence-electron chi connectivity index (χ3n) is 4.86.